The number of rotatable bonds is 1. The van der Waals surface area contributed by atoms with Crippen molar-refractivity contribution in [3.8, 4) is 0 Å². The molecule has 2 fully saturated rings. The van der Waals surface area contributed by atoms with Crippen LogP contribution in [-0.2, 0) is 4.74 Å². The van der Waals surface area contributed by atoms with Crippen LogP contribution in [0.2, 0.25) is 0 Å². The Kier molecular flexibility index (Phi) is 3.55. The van der Waals surface area contributed by atoms with Gasteiger partial charge in [0.2, 0.25) is 0 Å². The highest BCUT2D eigenvalue weighted by Gasteiger charge is 2.49. The minimum Gasteiger partial charge on any atom is -0.450 e. The van der Waals surface area contributed by atoms with E-state index in [2.05, 4.69) is 4.85 Å². The third-order valence-electron chi connectivity index (χ3n) is 4.20. The van der Waals surface area contributed by atoms with Gasteiger partial charge in [-0.3, -0.25) is 0 Å². The quantitative estimate of drug-likeness (QED) is 0.725. The van der Waals surface area contributed by atoms with Gasteiger partial charge in [0.15, 0.2) is 0 Å². The number of nitrogens with zero attached hydrogens (tertiary/aromatic N) is 2. The lowest BCUT2D eigenvalue weighted by Crippen LogP contribution is -2.45. The fourth-order valence-electron chi connectivity index (χ4n) is 3.03. The molecule has 1 saturated heterocycles. The Bertz CT molecular complexity index is 392. The van der Waals surface area contributed by atoms with Gasteiger partial charge in [0.25, 0.3) is 6.04 Å². The maximum Gasteiger partial charge on any atom is 0.409 e. The summed E-state index contributed by atoms with van der Waals surface area (Å²) in [5, 5.41) is 8.15. The predicted molar refractivity (Wildman–Crippen MR) is 67.6 cm³/mol. The van der Waals surface area contributed by atoms with Crippen molar-refractivity contribution in [1.82, 2.24) is 4.90 Å². The minimum atomic E-state index is -0.251. The molecule has 18 heavy (non-hydrogen) atoms. The van der Waals surface area contributed by atoms with Crippen LogP contribution >= 0.6 is 0 Å². The normalized spacial score (nSPS) is 26.1. The van der Waals surface area contributed by atoms with E-state index in [1.165, 1.54) is 0 Å². The molecule has 0 aromatic rings. The van der Waals surface area contributed by atoms with Crippen molar-refractivity contribution in [1.29, 1.82) is 5.41 Å². The van der Waals surface area contributed by atoms with Crippen LogP contribution in [0.4, 0.5) is 4.79 Å². The average molecular weight is 249 g/mol. The molecule has 1 aliphatic carbocycles. The standard InChI is InChI=1S/C13H19N3O2/c1-3-18-12(17)16-8-6-13(7-9-16)5-4-10(15-2)11(13)14/h10,14H,3-9H2,1H3. The molecule has 0 aromatic heterocycles. The van der Waals surface area contributed by atoms with Gasteiger partial charge in [0.1, 0.15) is 0 Å². The third kappa shape index (κ3) is 2.07. The van der Waals surface area contributed by atoms with Gasteiger partial charge in [-0.2, -0.15) is 0 Å². The number of piperidine rings is 1. The van der Waals surface area contributed by atoms with Crippen molar-refractivity contribution < 1.29 is 9.53 Å². The Balaban J connectivity index is 1.97. The molecule has 1 spiro atoms. The molecule has 1 saturated carbocycles. The number of carbonyl (C=O) groups is 1. The van der Waals surface area contributed by atoms with E-state index in [9.17, 15) is 4.79 Å². The first-order valence-corrected chi connectivity index (χ1v) is 6.50. The molecular formula is C13H19N3O2. The SMILES string of the molecule is [C-]#[N+]C1CCC2(CCN(C(=O)OCC)CC2)C1=N. The van der Waals surface area contributed by atoms with E-state index in [1.54, 1.807) is 11.8 Å². The maximum absolute atomic E-state index is 11.6. The van der Waals surface area contributed by atoms with Gasteiger partial charge in [-0.15, -0.1) is 0 Å². The fourth-order valence-corrected chi connectivity index (χ4v) is 3.03. The van der Waals surface area contributed by atoms with E-state index in [0.717, 1.165) is 25.7 Å². The molecule has 1 unspecified atom stereocenters. The van der Waals surface area contributed by atoms with Gasteiger partial charge < -0.3 is 19.9 Å². The molecule has 1 aliphatic heterocycles. The number of nitrogens with one attached hydrogen (secondary N) is 1. The summed E-state index contributed by atoms with van der Waals surface area (Å²) in [7, 11) is 0. The Morgan fingerprint density at radius 2 is 2.22 bits per heavy atom. The van der Waals surface area contributed by atoms with Gasteiger partial charge in [-0.05, 0) is 26.2 Å². The molecule has 1 N–H and O–H groups in total. The Morgan fingerprint density at radius 1 is 1.56 bits per heavy atom. The zero-order valence-electron chi connectivity index (χ0n) is 10.7. The molecule has 1 heterocycles. The molecule has 5 nitrogen and oxygen atoms in total. The predicted octanol–water partition coefficient (Wildman–Crippen LogP) is 2.33. The first-order valence-electron chi connectivity index (χ1n) is 6.50. The van der Waals surface area contributed by atoms with Crippen LogP contribution in [0, 0.1) is 17.4 Å². The Hall–Kier alpha value is -1.57. The number of ether oxygens (including phenoxy) is 1. The fraction of sp³-hybridized carbons (Fsp3) is 0.769. The van der Waals surface area contributed by atoms with Crippen molar-refractivity contribution in [2.45, 2.75) is 38.6 Å². The highest BCUT2D eigenvalue weighted by Crippen LogP contribution is 2.44. The maximum atomic E-state index is 11.6. The monoisotopic (exact) mass is 249 g/mol. The number of likely N-dealkylation sites (tertiary alicyclic amines) is 1. The lowest BCUT2D eigenvalue weighted by Gasteiger charge is -2.38. The largest absolute Gasteiger partial charge is 0.450 e. The van der Waals surface area contributed by atoms with Crippen molar-refractivity contribution in [3.63, 3.8) is 0 Å². The zero-order chi connectivity index (χ0) is 13.2. The lowest BCUT2D eigenvalue weighted by molar-refractivity contribution is 0.0843. The van der Waals surface area contributed by atoms with Crippen molar-refractivity contribution in [3.05, 3.63) is 11.4 Å². The average Bonchev–Trinajstić information content (AvgIpc) is 2.68. The van der Waals surface area contributed by atoms with E-state index in [4.69, 9.17) is 16.7 Å². The molecular weight excluding hydrogens is 230 g/mol. The van der Waals surface area contributed by atoms with Crippen LogP contribution < -0.4 is 0 Å². The van der Waals surface area contributed by atoms with E-state index >= 15 is 0 Å². The highest BCUT2D eigenvalue weighted by molar-refractivity contribution is 5.95. The molecule has 0 radical (unpaired) electrons. The van der Waals surface area contributed by atoms with Crippen molar-refractivity contribution in [2.75, 3.05) is 19.7 Å². The second-order valence-corrected chi connectivity index (χ2v) is 5.06. The van der Waals surface area contributed by atoms with Gasteiger partial charge in [0, 0.05) is 24.9 Å². The van der Waals surface area contributed by atoms with Gasteiger partial charge in [-0.1, -0.05) is 0 Å². The summed E-state index contributed by atoms with van der Waals surface area (Å²) in [6.07, 6.45) is 3.09. The van der Waals surface area contributed by atoms with Crippen LogP contribution in [0.3, 0.4) is 0 Å². The summed E-state index contributed by atoms with van der Waals surface area (Å²) in [5.41, 5.74) is 0.485. The summed E-state index contributed by atoms with van der Waals surface area (Å²) in [4.78, 5) is 16.8. The summed E-state index contributed by atoms with van der Waals surface area (Å²) in [5.74, 6) is 0. The summed E-state index contributed by atoms with van der Waals surface area (Å²) < 4.78 is 4.99. The van der Waals surface area contributed by atoms with E-state index < -0.39 is 0 Å². The van der Waals surface area contributed by atoms with Crippen molar-refractivity contribution >= 4 is 11.8 Å². The molecule has 98 valence electrons. The Labute approximate surface area is 107 Å². The third-order valence-corrected chi connectivity index (χ3v) is 4.20. The topological polar surface area (TPSA) is 57.8 Å². The second kappa shape index (κ2) is 4.97. The zero-order valence-corrected chi connectivity index (χ0v) is 10.7. The number of amides is 1. The minimum absolute atomic E-state index is 0.113. The van der Waals surface area contributed by atoms with Crippen LogP contribution in [0.1, 0.15) is 32.6 Å². The molecule has 5 heteroatoms. The van der Waals surface area contributed by atoms with E-state index in [1.807, 2.05) is 0 Å². The van der Waals surface area contributed by atoms with Crippen LogP contribution in [0.15, 0.2) is 0 Å². The number of carbonyl (C=O) groups excluding carboxylic acids is 1. The first kappa shape index (κ1) is 12.9. The smallest absolute Gasteiger partial charge is 0.409 e. The summed E-state index contributed by atoms with van der Waals surface area (Å²) in [6.45, 7) is 10.6. The molecule has 1 amide bonds. The molecule has 2 rings (SSSR count). The molecule has 0 bridgehead atoms. The molecule has 0 aromatic carbocycles. The van der Waals surface area contributed by atoms with Crippen molar-refractivity contribution in [2.24, 2.45) is 5.41 Å². The van der Waals surface area contributed by atoms with Gasteiger partial charge >= 0.3 is 6.09 Å². The van der Waals surface area contributed by atoms with Gasteiger partial charge in [-0.25, -0.2) is 11.4 Å². The lowest BCUT2D eigenvalue weighted by atomic mass is 9.75. The van der Waals surface area contributed by atoms with Crippen LogP contribution in [0.25, 0.3) is 4.85 Å². The first-order chi connectivity index (χ1) is 8.63. The van der Waals surface area contributed by atoms with E-state index in [0.29, 0.717) is 25.4 Å². The number of hydrogen-bond acceptors (Lipinski definition) is 3. The Morgan fingerprint density at radius 3 is 2.72 bits per heavy atom. The van der Waals surface area contributed by atoms with E-state index in [-0.39, 0.29) is 17.6 Å². The van der Waals surface area contributed by atoms with Crippen LogP contribution in [0.5, 0.6) is 0 Å². The van der Waals surface area contributed by atoms with Gasteiger partial charge in [0.05, 0.1) is 12.3 Å². The highest BCUT2D eigenvalue weighted by atomic mass is 16.6. The summed E-state index contributed by atoms with van der Waals surface area (Å²) >= 11 is 0. The second-order valence-electron chi connectivity index (χ2n) is 5.06. The summed E-state index contributed by atoms with van der Waals surface area (Å²) in [6, 6.07) is -0.223. The number of hydrogen-bond donors (Lipinski definition) is 1. The van der Waals surface area contributed by atoms with Crippen LogP contribution in [-0.4, -0.2) is 42.4 Å². The molecule has 1 atom stereocenters. The molecule has 2 aliphatic rings.